The van der Waals surface area contributed by atoms with Crippen molar-refractivity contribution in [2.45, 2.75) is 13.3 Å². The Hall–Kier alpha value is -2.62. The van der Waals surface area contributed by atoms with Crippen LogP contribution in [0.2, 0.25) is 0 Å². The van der Waals surface area contributed by atoms with Crippen molar-refractivity contribution in [2.75, 3.05) is 0 Å². The van der Waals surface area contributed by atoms with E-state index in [4.69, 9.17) is 0 Å². The molecule has 0 N–H and O–H groups in total. The van der Waals surface area contributed by atoms with Crippen LogP contribution in [0.1, 0.15) is 16.7 Å². The Balaban J connectivity index is 2.02. The van der Waals surface area contributed by atoms with E-state index in [9.17, 15) is 4.79 Å². The van der Waals surface area contributed by atoms with Crippen LogP contribution in [-0.2, 0) is 11.2 Å². The zero-order chi connectivity index (χ0) is 13.5. The predicted molar refractivity (Wildman–Crippen MR) is 76.0 cm³/mol. The largest absolute Gasteiger partial charge is 0.240 e. The Bertz CT molecular complexity index is 651. The van der Waals surface area contributed by atoms with Crippen molar-refractivity contribution in [2.24, 2.45) is 4.99 Å². The smallest absolute Gasteiger partial charge is 0.211 e. The molecule has 0 saturated carbocycles. The number of aliphatic imine (C=N–C) groups is 1. The lowest BCUT2D eigenvalue weighted by Gasteiger charge is -1.95. The highest BCUT2D eigenvalue weighted by atomic mass is 16.1. The molecule has 0 aliphatic heterocycles. The van der Waals surface area contributed by atoms with E-state index in [0.717, 1.165) is 11.1 Å². The first-order valence-corrected chi connectivity index (χ1v) is 6.00. The van der Waals surface area contributed by atoms with Crippen molar-refractivity contribution in [3.8, 4) is 11.8 Å². The van der Waals surface area contributed by atoms with Crippen LogP contribution in [0.5, 0.6) is 0 Å². The molecule has 2 heteroatoms. The summed E-state index contributed by atoms with van der Waals surface area (Å²) in [6.07, 6.45) is 2.20. The fourth-order valence-electron chi connectivity index (χ4n) is 1.63. The molecule has 2 aromatic rings. The van der Waals surface area contributed by atoms with E-state index >= 15 is 0 Å². The summed E-state index contributed by atoms with van der Waals surface area (Å²) < 4.78 is 0. The van der Waals surface area contributed by atoms with Gasteiger partial charge in [-0.05, 0) is 36.8 Å². The van der Waals surface area contributed by atoms with Gasteiger partial charge in [-0.1, -0.05) is 41.7 Å². The molecular weight excluding hydrogens is 234 g/mol. The van der Waals surface area contributed by atoms with Crippen LogP contribution in [-0.4, -0.2) is 6.08 Å². The Morgan fingerprint density at radius 2 is 1.68 bits per heavy atom. The summed E-state index contributed by atoms with van der Waals surface area (Å²) in [4.78, 5) is 13.6. The van der Waals surface area contributed by atoms with E-state index in [1.807, 2.05) is 24.3 Å². The van der Waals surface area contributed by atoms with Gasteiger partial charge < -0.3 is 0 Å². The number of rotatable bonds is 2. The van der Waals surface area contributed by atoms with Crippen molar-refractivity contribution in [3.63, 3.8) is 0 Å². The van der Waals surface area contributed by atoms with Gasteiger partial charge in [0.15, 0.2) is 0 Å². The molecule has 0 saturated heterocycles. The second-order valence-electron chi connectivity index (χ2n) is 4.21. The molecule has 0 fully saturated rings. The van der Waals surface area contributed by atoms with Crippen molar-refractivity contribution in [3.05, 3.63) is 65.2 Å². The van der Waals surface area contributed by atoms with Gasteiger partial charge in [0.25, 0.3) is 0 Å². The van der Waals surface area contributed by atoms with Crippen molar-refractivity contribution in [1.82, 2.24) is 0 Å². The topological polar surface area (TPSA) is 29.4 Å². The van der Waals surface area contributed by atoms with Crippen LogP contribution in [0.3, 0.4) is 0 Å². The third kappa shape index (κ3) is 3.96. The maximum atomic E-state index is 10.1. The molecule has 0 atom stereocenters. The SMILES string of the molecule is Cc1ccc(C#CCc2ccc(N=C=O)cc2)cc1. The van der Waals surface area contributed by atoms with Gasteiger partial charge in [0.2, 0.25) is 6.08 Å². The number of aryl methyl sites for hydroxylation is 1. The molecule has 2 aromatic carbocycles. The monoisotopic (exact) mass is 247 g/mol. The van der Waals surface area contributed by atoms with E-state index in [2.05, 4.69) is 35.9 Å². The highest BCUT2D eigenvalue weighted by molar-refractivity contribution is 5.49. The summed E-state index contributed by atoms with van der Waals surface area (Å²) in [5.41, 5.74) is 3.97. The molecule has 0 unspecified atom stereocenters. The summed E-state index contributed by atoms with van der Waals surface area (Å²) in [6, 6.07) is 15.5. The number of benzene rings is 2. The van der Waals surface area contributed by atoms with Gasteiger partial charge in [-0.25, -0.2) is 4.79 Å². The number of hydrogen-bond donors (Lipinski definition) is 0. The second kappa shape index (κ2) is 6.35. The maximum Gasteiger partial charge on any atom is 0.240 e. The van der Waals surface area contributed by atoms with Crippen LogP contribution in [0.15, 0.2) is 53.5 Å². The average Bonchev–Trinajstić information content (AvgIpc) is 2.43. The van der Waals surface area contributed by atoms with Gasteiger partial charge >= 0.3 is 0 Å². The van der Waals surface area contributed by atoms with Gasteiger partial charge in [0, 0.05) is 12.0 Å². The van der Waals surface area contributed by atoms with Gasteiger partial charge in [-0.3, -0.25) is 0 Å². The van der Waals surface area contributed by atoms with E-state index in [0.29, 0.717) is 12.1 Å². The van der Waals surface area contributed by atoms with E-state index in [1.165, 1.54) is 11.6 Å². The summed E-state index contributed by atoms with van der Waals surface area (Å²) in [6.45, 7) is 2.06. The lowest BCUT2D eigenvalue weighted by molar-refractivity contribution is 0.565. The molecule has 0 heterocycles. The number of isocyanates is 1. The highest BCUT2D eigenvalue weighted by Gasteiger charge is 1.91. The van der Waals surface area contributed by atoms with Gasteiger partial charge in [0.05, 0.1) is 5.69 Å². The van der Waals surface area contributed by atoms with Crippen molar-refractivity contribution < 1.29 is 4.79 Å². The third-order valence-electron chi connectivity index (χ3n) is 2.69. The molecule has 0 bridgehead atoms. The van der Waals surface area contributed by atoms with Crippen LogP contribution in [0.4, 0.5) is 5.69 Å². The Kier molecular flexibility index (Phi) is 4.29. The first-order valence-electron chi connectivity index (χ1n) is 6.00. The van der Waals surface area contributed by atoms with Gasteiger partial charge in [-0.2, -0.15) is 4.99 Å². The molecule has 0 aliphatic rings. The summed E-state index contributed by atoms with van der Waals surface area (Å²) in [5.74, 6) is 6.26. The molecule has 0 aliphatic carbocycles. The number of carbonyl (C=O) groups excluding carboxylic acids is 1. The minimum Gasteiger partial charge on any atom is -0.211 e. The van der Waals surface area contributed by atoms with Crippen LogP contribution in [0, 0.1) is 18.8 Å². The van der Waals surface area contributed by atoms with Crippen LogP contribution < -0.4 is 0 Å². The number of hydrogen-bond acceptors (Lipinski definition) is 2. The van der Waals surface area contributed by atoms with E-state index in [1.54, 1.807) is 12.1 Å². The fraction of sp³-hybridized carbons (Fsp3) is 0.118. The minimum atomic E-state index is 0.616. The summed E-state index contributed by atoms with van der Waals surface area (Å²) in [5, 5.41) is 0. The minimum absolute atomic E-state index is 0.616. The highest BCUT2D eigenvalue weighted by Crippen LogP contribution is 2.12. The second-order valence-corrected chi connectivity index (χ2v) is 4.21. The molecule has 0 aromatic heterocycles. The predicted octanol–water partition coefficient (Wildman–Crippen LogP) is 3.56. The van der Waals surface area contributed by atoms with Gasteiger partial charge in [-0.15, -0.1) is 0 Å². The first-order chi connectivity index (χ1) is 9.28. The molecule has 0 amide bonds. The third-order valence-corrected chi connectivity index (χ3v) is 2.69. The van der Waals surface area contributed by atoms with Crippen molar-refractivity contribution >= 4 is 11.8 Å². The molecule has 0 spiro atoms. The zero-order valence-corrected chi connectivity index (χ0v) is 10.7. The summed E-state index contributed by atoms with van der Waals surface area (Å²) in [7, 11) is 0. The Morgan fingerprint density at radius 1 is 1.00 bits per heavy atom. The maximum absolute atomic E-state index is 10.1. The standard InChI is InChI=1S/C17H13NO/c1-14-5-7-15(8-6-14)3-2-4-16-9-11-17(12-10-16)18-13-19/h5-12H,4H2,1H3. The normalized spacial score (nSPS) is 9.11. The van der Waals surface area contributed by atoms with Crippen LogP contribution in [0.25, 0.3) is 0 Å². The molecule has 2 rings (SSSR count). The summed E-state index contributed by atoms with van der Waals surface area (Å²) >= 11 is 0. The molecule has 19 heavy (non-hydrogen) atoms. The number of nitrogens with zero attached hydrogens (tertiary/aromatic N) is 1. The zero-order valence-electron chi connectivity index (χ0n) is 10.7. The molecular formula is C17H13NO. The van der Waals surface area contributed by atoms with E-state index in [-0.39, 0.29) is 0 Å². The Labute approximate surface area is 112 Å². The van der Waals surface area contributed by atoms with E-state index < -0.39 is 0 Å². The average molecular weight is 247 g/mol. The Morgan fingerprint density at radius 3 is 2.32 bits per heavy atom. The van der Waals surface area contributed by atoms with Crippen LogP contribution >= 0.6 is 0 Å². The first kappa shape index (κ1) is 12.8. The lowest BCUT2D eigenvalue weighted by atomic mass is 10.1. The molecule has 2 nitrogen and oxygen atoms in total. The molecule has 0 radical (unpaired) electrons. The fourth-order valence-corrected chi connectivity index (χ4v) is 1.63. The van der Waals surface area contributed by atoms with Crippen molar-refractivity contribution in [1.29, 1.82) is 0 Å². The lowest BCUT2D eigenvalue weighted by Crippen LogP contribution is -1.81. The quantitative estimate of drug-likeness (QED) is 0.453. The van der Waals surface area contributed by atoms with Gasteiger partial charge in [0.1, 0.15) is 0 Å². The molecule has 92 valence electrons.